The molecule has 0 aliphatic carbocycles. The van der Waals surface area contributed by atoms with E-state index in [0.29, 0.717) is 0 Å². The summed E-state index contributed by atoms with van der Waals surface area (Å²) in [5, 5.41) is 21.4. The molecule has 0 aromatic carbocycles. The number of methoxy groups -OCH3 is 1. The fourth-order valence-corrected chi connectivity index (χ4v) is 1.73. The first-order valence-electron chi connectivity index (χ1n) is 5.55. The maximum atomic E-state index is 11.2. The Hall–Kier alpha value is -1.38. The lowest BCUT2D eigenvalue weighted by atomic mass is 10.2. The van der Waals surface area contributed by atoms with Gasteiger partial charge in [-0.1, -0.05) is 0 Å². The molecule has 0 unspecified atom stereocenters. The molecule has 1 aliphatic heterocycles. The molecule has 3 N–H and O–H groups in total. The summed E-state index contributed by atoms with van der Waals surface area (Å²) in [6.45, 7) is 1.93. The van der Waals surface area contributed by atoms with Crippen molar-refractivity contribution in [3.05, 3.63) is 0 Å². The lowest BCUT2D eigenvalue weighted by Crippen LogP contribution is -2.58. The average molecular weight is 262 g/mol. The van der Waals surface area contributed by atoms with Crippen LogP contribution >= 0.6 is 0 Å². The fraction of sp³-hybridized carbons (Fsp3) is 0.800. The van der Waals surface area contributed by atoms with Gasteiger partial charge in [0.05, 0.1) is 26.4 Å². The van der Waals surface area contributed by atoms with Crippen LogP contribution in [-0.4, -0.2) is 72.4 Å². The van der Waals surface area contributed by atoms with Crippen LogP contribution in [0.4, 0.5) is 4.79 Å². The summed E-state index contributed by atoms with van der Waals surface area (Å²) in [7, 11) is 1.28. The van der Waals surface area contributed by atoms with Gasteiger partial charge >= 0.3 is 12.1 Å². The van der Waals surface area contributed by atoms with Gasteiger partial charge in [-0.2, -0.15) is 0 Å². The van der Waals surface area contributed by atoms with E-state index >= 15 is 0 Å². The number of aliphatic hydroxyl groups is 1. The van der Waals surface area contributed by atoms with Crippen molar-refractivity contribution in [1.29, 1.82) is 0 Å². The van der Waals surface area contributed by atoms with Gasteiger partial charge in [-0.25, -0.2) is 4.79 Å². The van der Waals surface area contributed by atoms with Crippen LogP contribution in [0.2, 0.25) is 0 Å². The number of nitrogens with zero attached hydrogens (tertiary/aromatic N) is 1. The van der Waals surface area contributed by atoms with Gasteiger partial charge in [-0.3, -0.25) is 9.69 Å². The minimum absolute atomic E-state index is 0.0463. The first-order valence-corrected chi connectivity index (χ1v) is 5.55. The van der Waals surface area contributed by atoms with Crippen LogP contribution in [0.3, 0.4) is 0 Å². The number of carboxylic acid groups (broad SMARTS) is 1. The van der Waals surface area contributed by atoms with Gasteiger partial charge < -0.3 is 25.0 Å². The Morgan fingerprint density at radius 2 is 2.22 bits per heavy atom. The van der Waals surface area contributed by atoms with Crippen molar-refractivity contribution < 1.29 is 29.3 Å². The highest BCUT2D eigenvalue weighted by Gasteiger charge is 2.34. The van der Waals surface area contributed by atoms with Gasteiger partial charge in [0, 0.05) is 6.54 Å². The summed E-state index contributed by atoms with van der Waals surface area (Å²) in [5.41, 5.74) is 0. The standard InChI is InChI=1S/C10H18N2O6/c1-6(9(14)17-2)11-3-7-4-18-5-8(13)12(7)10(15)16/h6-8,11,13H,3-5H2,1-2H3,(H,15,16)/t6-,7+,8-/m0/s1. The van der Waals surface area contributed by atoms with E-state index in [1.54, 1.807) is 6.92 Å². The first kappa shape index (κ1) is 14.7. The van der Waals surface area contributed by atoms with E-state index in [2.05, 4.69) is 10.1 Å². The molecule has 18 heavy (non-hydrogen) atoms. The summed E-state index contributed by atoms with van der Waals surface area (Å²) in [6.07, 6.45) is -2.40. The minimum Gasteiger partial charge on any atom is -0.468 e. The quantitative estimate of drug-likeness (QED) is 0.548. The third-order valence-electron chi connectivity index (χ3n) is 2.73. The lowest BCUT2D eigenvalue weighted by molar-refractivity contribution is -0.143. The zero-order valence-corrected chi connectivity index (χ0v) is 10.3. The second-order valence-electron chi connectivity index (χ2n) is 4.01. The highest BCUT2D eigenvalue weighted by atomic mass is 16.5. The molecular formula is C10H18N2O6. The lowest BCUT2D eigenvalue weighted by Gasteiger charge is -2.37. The van der Waals surface area contributed by atoms with E-state index in [4.69, 9.17) is 9.84 Å². The van der Waals surface area contributed by atoms with E-state index in [-0.39, 0.29) is 19.8 Å². The molecular weight excluding hydrogens is 244 g/mol. The van der Waals surface area contributed by atoms with Crippen LogP contribution < -0.4 is 5.32 Å². The molecule has 0 radical (unpaired) electrons. The van der Waals surface area contributed by atoms with Gasteiger partial charge in [0.2, 0.25) is 0 Å². The minimum atomic E-state index is -1.22. The summed E-state index contributed by atoms with van der Waals surface area (Å²) in [5.74, 6) is -0.436. The Morgan fingerprint density at radius 1 is 1.56 bits per heavy atom. The molecule has 1 aliphatic rings. The number of hydrogen-bond acceptors (Lipinski definition) is 6. The Bertz CT molecular complexity index is 311. The largest absolute Gasteiger partial charge is 0.468 e. The molecule has 3 atom stereocenters. The molecule has 0 bridgehead atoms. The number of ether oxygens (including phenoxy) is 2. The van der Waals surface area contributed by atoms with Crippen molar-refractivity contribution in [2.45, 2.75) is 25.2 Å². The molecule has 1 fully saturated rings. The zero-order valence-electron chi connectivity index (χ0n) is 10.3. The van der Waals surface area contributed by atoms with Gasteiger partial charge in [0.1, 0.15) is 6.04 Å². The number of esters is 1. The van der Waals surface area contributed by atoms with Crippen molar-refractivity contribution in [3.63, 3.8) is 0 Å². The molecule has 8 heteroatoms. The van der Waals surface area contributed by atoms with Crippen LogP contribution in [0.25, 0.3) is 0 Å². The van der Waals surface area contributed by atoms with Gasteiger partial charge in [0.25, 0.3) is 0 Å². The average Bonchev–Trinajstić information content (AvgIpc) is 2.34. The topological polar surface area (TPSA) is 108 Å². The van der Waals surface area contributed by atoms with E-state index in [0.717, 1.165) is 4.90 Å². The van der Waals surface area contributed by atoms with Crippen LogP contribution in [0, 0.1) is 0 Å². The highest BCUT2D eigenvalue weighted by Crippen LogP contribution is 2.11. The van der Waals surface area contributed by atoms with E-state index in [1.807, 2.05) is 0 Å². The summed E-state index contributed by atoms with van der Waals surface area (Å²) in [4.78, 5) is 23.1. The van der Waals surface area contributed by atoms with Crippen LogP contribution in [0.5, 0.6) is 0 Å². The van der Waals surface area contributed by atoms with Crippen LogP contribution in [-0.2, 0) is 14.3 Å². The summed E-state index contributed by atoms with van der Waals surface area (Å²) >= 11 is 0. The molecule has 0 aromatic heterocycles. The SMILES string of the molecule is COC(=O)[C@H](C)NC[C@@H]1COC[C@H](O)N1C(=O)O. The Kier molecular flexibility index (Phi) is 5.32. The molecule has 1 saturated heterocycles. The van der Waals surface area contributed by atoms with Gasteiger partial charge in [0.15, 0.2) is 6.23 Å². The van der Waals surface area contributed by atoms with Crippen LogP contribution in [0.15, 0.2) is 0 Å². The molecule has 8 nitrogen and oxygen atoms in total. The van der Waals surface area contributed by atoms with Crippen molar-refractivity contribution in [2.24, 2.45) is 0 Å². The molecule has 1 rings (SSSR count). The maximum Gasteiger partial charge on any atom is 0.409 e. The Balaban J connectivity index is 2.53. The van der Waals surface area contributed by atoms with E-state index in [9.17, 15) is 14.7 Å². The number of aliphatic hydroxyl groups excluding tert-OH is 1. The molecule has 1 amide bonds. The van der Waals surface area contributed by atoms with Crippen molar-refractivity contribution >= 4 is 12.1 Å². The fourth-order valence-electron chi connectivity index (χ4n) is 1.73. The third kappa shape index (κ3) is 3.56. The predicted octanol–water partition coefficient (Wildman–Crippen LogP) is -1.17. The number of rotatable bonds is 4. The molecule has 0 spiro atoms. The number of nitrogens with one attached hydrogen (secondary N) is 1. The van der Waals surface area contributed by atoms with Crippen molar-refractivity contribution in [2.75, 3.05) is 26.9 Å². The smallest absolute Gasteiger partial charge is 0.409 e. The highest BCUT2D eigenvalue weighted by molar-refractivity contribution is 5.75. The number of amides is 1. The van der Waals surface area contributed by atoms with E-state index < -0.39 is 30.4 Å². The monoisotopic (exact) mass is 262 g/mol. The second-order valence-corrected chi connectivity index (χ2v) is 4.01. The summed E-state index contributed by atoms with van der Waals surface area (Å²) < 4.78 is 9.62. The number of carbonyl (C=O) groups excluding carboxylic acids is 1. The Morgan fingerprint density at radius 3 is 2.78 bits per heavy atom. The number of carbonyl (C=O) groups is 2. The molecule has 1 heterocycles. The molecule has 104 valence electrons. The second kappa shape index (κ2) is 6.53. The van der Waals surface area contributed by atoms with Gasteiger partial charge in [-0.05, 0) is 6.92 Å². The summed E-state index contributed by atoms with van der Waals surface area (Å²) in [6, 6.07) is -1.09. The normalized spacial score (nSPS) is 25.6. The van der Waals surface area contributed by atoms with Crippen molar-refractivity contribution in [1.82, 2.24) is 10.2 Å². The van der Waals surface area contributed by atoms with Crippen LogP contribution in [0.1, 0.15) is 6.92 Å². The number of morpholine rings is 1. The maximum absolute atomic E-state index is 11.2. The predicted molar refractivity (Wildman–Crippen MR) is 60.0 cm³/mol. The zero-order chi connectivity index (χ0) is 13.7. The first-order chi connectivity index (χ1) is 8.47. The van der Waals surface area contributed by atoms with E-state index in [1.165, 1.54) is 7.11 Å². The number of hydrogen-bond donors (Lipinski definition) is 3. The van der Waals surface area contributed by atoms with Crippen molar-refractivity contribution in [3.8, 4) is 0 Å². The third-order valence-corrected chi connectivity index (χ3v) is 2.73. The molecule has 0 saturated carbocycles. The Labute approximate surface area is 104 Å². The molecule has 0 aromatic rings. The van der Waals surface area contributed by atoms with Gasteiger partial charge in [-0.15, -0.1) is 0 Å².